The molecular formula is C26H25ClN4O5S2. The molecule has 4 aromatic rings. The summed E-state index contributed by atoms with van der Waals surface area (Å²) in [6.45, 7) is 3.23. The van der Waals surface area contributed by atoms with Crippen molar-refractivity contribution >= 4 is 49.7 Å². The van der Waals surface area contributed by atoms with Crippen LogP contribution < -0.4 is 19.1 Å². The summed E-state index contributed by atoms with van der Waals surface area (Å²) in [6.07, 6.45) is 0. The molecule has 1 aromatic heterocycles. The first-order valence-electron chi connectivity index (χ1n) is 11.3. The number of carbonyl (C=O) groups excluding carboxylic acids is 1. The number of aromatic nitrogens is 2. The lowest BCUT2D eigenvalue weighted by molar-refractivity contribution is -0.114. The van der Waals surface area contributed by atoms with Gasteiger partial charge in [0.2, 0.25) is 11.0 Å². The highest BCUT2D eigenvalue weighted by Crippen LogP contribution is 2.33. The number of rotatable bonds is 9. The maximum Gasteiger partial charge on any atom is 0.264 e. The van der Waals surface area contributed by atoms with Gasteiger partial charge in [-0.15, -0.1) is 10.2 Å². The van der Waals surface area contributed by atoms with Crippen LogP contribution >= 0.6 is 22.9 Å². The van der Waals surface area contributed by atoms with E-state index in [9.17, 15) is 13.2 Å². The molecule has 0 aliphatic rings. The first-order chi connectivity index (χ1) is 18.1. The van der Waals surface area contributed by atoms with Crippen molar-refractivity contribution in [2.24, 2.45) is 0 Å². The van der Waals surface area contributed by atoms with Crippen LogP contribution in [-0.4, -0.2) is 45.3 Å². The van der Waals surface area contributed by atoms with Crippen LogP contribution in [0.25, 0.3) is 10.6 Å². The van der Waals surface area contributed by atoms with Gasteiger partial charge in [-0.2, -0.15) is 0 Å². The number of hydrogen-bond acceptors (Lipinski definition) is 8. The Morgan fingerprint density at radius 3 is 2.24 bits per heavy atom. The maximum atomic E-state index is 13.8. The van der Waals surface area contributed by atoms with E-state index in [1.54, 1.807) is 36.4 Å². The molecule has 1 N–H and O–H groups in total. The summed E-state index contributed by atoms with van der Waals surface area (Å²) < 4.78 is 39.3. The van der Waals surface area contributed by atoms with E-state index in [0.717, 1.165) is 21.0 Å². The smallest absolute Gasteiger partial charge is 0.264 e. The lowest BCUT2D eigenvalue weighted by Gasteiger charge is -2.25. The lowest BCUT2D eigenvalue weighted by atomic mass is 10.1. The molecule has 1 amide bonds. The fourth-order valence-electron chi connectivity index (χ4n) is 3.79. The van der Waals surface area contributed by atoms with Crippen LogP contribution in [0, 0.1) is 13.8 Å². The number of carbonyl (C=O) groups is 1. The van der Waals surface area contributed by atoms with Gasteiger partial charge in [-0.3, -0.25) is 14.4 Å². The molecule has 3 aromatic carbocycles. The first kappa shape index (κ1) is 27.4. The van der Waals surface area contributed by atoms with Crippen molar-refractivity contribution in [3.8, 4) is 22.1 Å². The van der Waals surface area contributed by atoms with Crippen LogP contribution in [0.4, 0.5) is 10.8 Å². The molecule has 0 unspecified atom stereocenters. The Hall–Kier alpha value is -3.67. The van der Waals surface area contributed by atoms with Crippen molar-refractivity contribution in [1.82, 2.24) is 10.2 Å². The predicted molar refractivity (Wildman–Crippen MR) is 149 cm³/mol. The van der Waals surface area contributed by atoms with Crippen molar-refractivity contribution in [2.45, 2.75) is 18.7 Å². The Kier molecular flexibility index (Phi) is 8.20. The van der Waals surface area contributed by atoms with Crippen molar-refractivity contribution in [2.75, 3.05) is 30.4 Å². The molecular weight excluding hydrogens is 548 g/mol. The molecule has 0 bridgehead atoms. The number of hydrogen-bond donors (Lipinski definition) is 1. The second-order valence-corrected chi connectivity index (χ2v) is 11.6. The summed E-state index contributed by atoms with van der Waals surface area (Å²) in [6, 6.07) is 16.7. The van der Waals surface area contributed by atoms with Gasteiger partial charge >= 0.3 is 0 Å². The number of ether oxygens (including phenoxy) is 2. The summed E-state index contributed by atoms with van der Waals surface area (Å²) in [7, 11) is -1.30. The monoisotopic (exact) mass is 572 g/mol. The van der Waals surface area contributed by atoms with Crippen molar-refractivity contribution in [3.63, 3.8) is 0 Å². The number of benzene rings is 3. The molecule has 0 spiro atoms. The Morgan fingerprint density at radius 2 is 1.61 bits per heavy atom. The molecule has 0 atom stereocenters. The van der Waals surface area contributed by atoms with E-state index in [1.807, 2.05) is 19.9 Å². The normalized spacial score (nSPS) is 11.2. The average Bonchev–Trinajstić information content (AvgIpc) is 3.34. The standard InChI is InChI=1S/C26H25ClN4O5S2/c1-16-11-17(2)13-20(12-16)31(38(33,34)21-9-10-22(35-3)23(14-21)36-4)15-24(32)28-26-30-29-25(37-26)18-5-7-19(27)8-6-18/h5-14H,15H2,1-4H3,(H,28,30,32). The van der Waals surface area contributed by atoms with E-state index in [-0.39, 0.29) is 15.8 Å². The number of anilines is 2. The van der Waals surface area contributed by atoms with Crippen molar-refractivity contribution < 1.29 is 22.7 Å². The van der Waals surface area contributed by atoms with E-state index in [4.69, 9.17) is 21.1 Å². The first-order valence-corrected chi connectivity index (χ1v) is 14.0. The van der Waals surface area contributed by atoms with Gasteiger partial charge < -0.3 is 9.47 Å². The van der Waals surface area contributed by atoms with E-state index in [0.29, 0.717) is 21.5 Å². The van der Waals surface area contributed by atoms with Gasteiger partial charge in [0.15, 0.2) is 11.5 Å². The fourth-order valence-corrected chi connectivity index (χ4v) is 6.10. The van der Waals surface area contributed by atoms with Gasteiger partial charge in [-0.05, 0) is 61.4 Å². The quantitative estimate of drug-likeness (QED) is 0.289. The summed E-state index contributed by atoms with van der Waals surface area (Å²) in [5.41, 5.74) is 2.85. The van der Waals surface area contributed by atoms with E-state index in [1.165, 1.54) is 43.8 Å². The SMILES string of the molecule is COc1ccc(S(=O)(=O)N(CC(=O)Nc2nnc(-c3ccc(Cl)cc3)s2)c2cc(C)cc(C)c2)cc1OC. The van der Waals surface area contributed by atoms with E-state index < -0.39 is 22.5 Å². The molecule has 0 saturated carbocycles. The van der Waals surface area contributed by atoms with Crippen LogP contribution in [0.15, 0.2) is 65.6 Å². The fraction of sp³-hybridized carbons (Fsp3) is 0.192. The van der Waals surface area contributed by atoms with Crippen LogP contribution in [-0.2, 0) is 14.8 Å². The van der Waals surface area contributed by atoms with Gasteiger partial charge in [-0.25, -0.2) is 8.42 Å². The third kappa shape index (κ3) is 6.07. The summed E-state index contributed by atoms with van der Waals surface area (Å²) in [5, 5.41) is 12.2. The Morgan fingerprint density at radius 1 is 0.947 bits per heavy atom. The topological polar surface area (TPSA) is 111 Å². The van der Waals surface area contributed by atoms with Crippen molar-refractivity contribution in [3.05, 3.63) is 76.8 Å². The highest BCUT2D eigenvalue weighted by molar-refractivity contribution is 7.92. The molecule has 12 heteroatoms. The minimum atomic E-state index is -4.18. The molecule has 4 rings (SSSR count). The lowest BCUT2D eigenvalue weighted by Crippen LogP contribution is -2.38. The third-order valence-electron chi connectivity index (χ3n) is 5.49. The zero-order valence-electron chi connectivity index (χ0n) is 21.1. The Bertz CT molecular complexity index is 1550. The molecule has 1 heterocycles. The second-order valence-electron chi connectivity index (χ2n) is 8.34. The average molecular weight is 573 g/mol. The van der Waals surface area contributed by atoms with Crippen LogP contribution in [0.3, 0.4) is 0 Å². The van der Waals surface area contributed by atoms with E-state index in [2.05, 4.69) is 15.5 Å². The molecule has 0 fully saturated rings. The summed E-state index contributed by atoms with van der Waals surface area (Å²) in [4.78, 5) is 13.1. The highest BCUT2D eigenvalue weighted by atomic mass is 35.5. The van der Waals surface area contributed by atoms with Gasteiger partial charge in [0.1, 0.15) is 11.6 Å². The van der Waals surface area contributed by atoms with Gasteiger partial charge in [0.25, 0.3) is 10.0 Å². The van der Waals surface area contributed by atoms with Crippen LogP contribution in [0.2, 0.25) is 5.02 Å². The van der Waals surface area contributed by atoms with E-state index >= 15 is 0 Å². The zero-order valence-corrected chi connectivity index (χ0v) is 23.4. The summed E-state index contributed by atoms with van der Waals surface area (Å²) in [5.74, 6) is 0.0592. The van der Waals surface area contributed by atoms with Crippen LogP contribution in [0.1, 0.15) is 11.1 Å². The third-order valence-corrected chi connectivity index (χ3v) is 8.40. The molecule has 198 valence electrons. The Labute approximate surface area is 230 Å². The number of amides is 1. The predicted octanol–water partition coefficient (Wildman–Crippen LogP) is 5.33. The van der Waals surface area contributed by atoms with Gasteiger partial charge in [-0.1, -0.05) is 41.1 Å². The minimum absolute atomic E-state index is 0.0527. The zero-order chi connectivity index (χ0) is 27.4. The van der Waals surface area contributed by atoms with Gasteiger partial charge in [0.05, 0.1) is 24.8 Å². The number of aryl methyl sites for hydroxylation is 2. The molecule has 0 saturated heterocycles. The van der Waals surface area contributed by atoms with Gasteiger partial charge in [0, 0.05) is 16.7 Å². The molecule has 0 aliphatic heterocycles. The number of nitrogens with zero attached hydrogens (tertiary/aromatic N) is 3. The summed E-state index contributed by atoms with van der Waals surface area (Å²) >= 11 is 7.11. The minimum Gasteiger partial charge on any atom is -0.493 e. The highest BCUT2D eigenvalue weighted by Gasteiger charge is 2.29. The molecule has 38 heavy (non-hydrogen) atoms. The largest absolute Gasteiger partial charge is 0.493 e. The van der Waals surface area contributed by atoms with Crippen molar-refractivity contribution in [1.29, 1.82) is 0 Å². The number of sulfonamides is 1. The molecule has 0 radical (unpaired) electrons. The molecule has 9 nitrogen and oxygen atoms in total. The second kappa shape index (κ2) is 11.4. The molecule has 0 aliphatic carbocycles. The maximum absolute atomic E-state index is 13.8. The number of nitrogens with one attached hydrogen (secondary N) is 1. The van der Waals surface area contributed by atoms with Crippen LogP contribution in [0.5, 0.6) is 11.5 Å². The Balaban J connectivity index is 1.65. The number of methoxy groups -OCH3 is 2. The number of halogens is 1.